The van der Waals surface area contributed by atoms with E-state index in [9.17, 15) is 4.79 Å². The molecule has 1 heterocycles. The zero-order valence-corrected chi connectivity index (χ0v) is 7.77. The van der Waals surface area contributed by atoms with Gasteiger partial charge in [-0.05, 0) is 18.2 Å². The van der Waals surface area contributed by atoms with Crippen LogP contribution in [0.5, 0.6) is 0 Å². The number of carbonyl (C=O) groups is 1. The summed E-state index contributed by atoms with van der Waals surface area (Å²) >= 11 is 1.40. The summed E-state index contributed by atoms with van der Waals surface area (Å²) in [6.45, 7) is 1.66. The lowest BCUT2D eigenvalue weighted by Crippen LogP contribution is -2.43. The zero-order chi connectivity index (χ0) is 8.97. The minimum atomic E-state index is 0.256. The van der Waals surface area contributed by atoms with Crippen LogP contribution in [0.25, 0.3) is 0 Å². The van der Waals surface area contributed by atoms with E-state index in [0.29, 0.717) is 11.6 Å². The summed E-state index contributed by atoms with van der Waals surface area (Å²) in [4.78, 5) is 13.0. The summed E-state index contributed by atoms with van der Waals surface area (Å²) in [6.07, 6.45) is 1.69. The van der Waals surface area contributed by atoms with Crippen molar-refractivity contribution in [2.75, 3.05) is 18.8 Å². The van der Waals surface area contributed by atoms with Crippen LogP contribution in [-0.4, -0.2) is 34.8 Å². The Morgan fingerprint density at radius 3 is 3.00 bits per heavy atom. The first-order valence-electron chi connectivity index (χ1n) is 3.98. The van der Waals surface area contributed by atoms with Gasteiger partial charge in [-0.2, -0.15) is 0 Å². The third kappa shape index (κ3) is 2.73. The van der Waals surface area contributed by atoms with Gasteiger partial charge in [-0.15, -0.1) is 0 Å². The summed E-state index contributed by atoms with van der Waals surface area (Å²) in [7, 11) is 0. The van der Waals surface area contributed by atoms with Crippen LogP contribution >= 0.6 is 11.8 Å². The van der Waals surface area contributed by atoms with Gasteiger partial charge in [0.1, 0.15) is 0 Å². The first-order valence-corrected chi connectivity index (χ1v) is 4.97. The maximum Gasteiger partial charge on any atom is 0.299 e. The van der Waals surface area contributed by atoms with Gasteiger partial charge in [0.25, 0.3) is 5.17 Å². The number of nitrogens with zero attached hydrogens (tertiary/aromatic N) is 1. The van der Waals surface area contributed by atoms with Crippen molar-refractivity contribution in [3.63, 3.8) is 0 Å². The number of amides is 1. The van der Waals surface area contributed by atoms with Gasteiger partial charge in [-0.1, -0.05) is 0 Å². The normalized spacial score (nSPS) is 17.0. The fourth-order valence-electron chi connectivity index (χ4n) is 1.21. The summed E-state index contributed by atoms with van der Waals surface area (Å²) in [6, 6.07) is 0. The zero-order valence-electron chi connectivity index (χ0n) is 6.95. The third-order valence-electron chi connectivity index (χ3n) is 1.80. The van der Waals surface area contributed by atoms with Crippen LogP contribution in [0.3, 0.4) is 0 Å². The summed E-state index contributed by atoms with van der Waals surface area (Å²) in [5.41, 5.74) is 5.27. The largest absolute Gasteiger partial charge is 0.342 e. The molecule has 1 aliphatic heterocycles. The molecule has 4 N–H and O–H groups in total. The standard InChI is InChI=1S/C7H13N3OS/c8-7(9)12-5-4-10-3-1-2-6(10)11/h1-5H2,(H3,8,9)/p+1. The van der Waals surface area contributed by atoms with Gasteiger partial charge < -0.3 is 4.90 Å². The lowest BCUT2D eigenvalue weighted by molar-refractivity contribution is -0.127. The molecule has 0 aromatic heterocycles. The number of likely N-dealkylation sites (tertiary alicyclic amines) is 1. The van der Waals surface area contributed by atoms with Gasteiger partial charge in [0.15, 0.2) is 0 Å². The fourth-order valence-corrected chi connectivity index (χ4v) is 1.76. The minimum absolute atomic E-state index is 0.256. The van der Waals surface area contributed by atoms with Crippen molar-refractivity contribution < 1.29 is 10.2 Å². The smallest absolute Gasteiger partial charge is 0.299 e. The number of nitrogens with two attached hydrogens (primary N) is 2. The Bertz CT molecular complexity index is 195. The summed E-state index contributed by atoms with van der Waals surface area (Å²) in [5.74, 6) is 1.06. The van der Waals surface area contributed by atoms with Crippen LogP contribution in [0.1, 0.15) is 12.8 Å². The third-order valence-corrected chi connectivity index (χ3v) is 2.52. The lowest BCUT2D eigenvalue weighted by Gasteiger charge is -2.13. The predicted octanol–water partition coefficient (Wildman–Crippen LogP) is -1.58. The van der Waals surface area contributed by atoms with E-state index < -0.39 is 0 Å². The topological polar surface area (TPSA) is 71.9 Å². The quantitative estimate of drug-likeness (QED) is 0.414. The molecule has 0 aromatic carbocycles. The van der Waals surface area contributed by atoms with E-state index in [1.807, 2.05) is 4.90 Å². The van der Waals surface area contributed by atoms with E-state index in [2.05, 4.69) is 0 Å². The van der Waals surface area contributed by atoms with Gasteiger partial charge in [0.05, 0.1) is 0 Å². The first kappa shape index (κ1) is 9.38. The molecule has 0 aliphatic carbocycles. The van der Waals surface area contributed by atoms with E-state index in [4.69, 9.17) is 11.1 Å². The van der Waals surface area contributed by atoms with Gasteiger partial charge in [0, 0.05) is 25.3 Å². The van der Waals surface area contributed by atoms with Gasteiger partial charge >= 0.3 is 0 Å². The molecule has 0 bridgehead atoms. The molecule has 1 aliphatic rings. The maximum absolute atomic E-state index is 11.1. The summed E-state index contributed by atoms with van der Waals surface area (Å²) in [5, 5.41) is 5.64. The van der Waals surface area contributed by atoms with E-state index in [0.717, 1.165) is 25.3 Å². The maximum atomic E-state index is 11.1. The van der Waals surface area contributed by atoms with Crippen LogP contribution in [0, 0.1) is 0 Å². The Hall–Kier alpha value is -0.710. The Morgan fingerprint density at radius 1 is 1.75 bits per heavy atom. The van der Waals surface area contributed by atoms with Crippen molar-refractivity contribution in [3.8, 4) is 0 Å². The number of thioether (sulfide) groups is 1. The average Bonchev–Trinajstić information content (AvgIpc) is 2.36. The highest BCUT2D eigenvalue weighted by molar-refractivity contribution is 8.13. The molecular weight excluding hydrogens is 174 g/mol. The van der Waals surface area contributed by atoms with E-state index in [1.165, 1.54) is 11.8 Å². The second kappa shape index (κ2) is 4.35. The molecule has 0 radical (unpaired) electrons. The van der Waals surface area contributed by atoms with Crippen LogP contribution in [0.4, 0.5) is 0 Å². The number of rotatable bonds is 3. The van der Waals surface area contributed by atoms with Gasteiger partial charge in [-0.25, -0.2) is 0 Å². The average molecular weight is 188 g/mol. The molecular formula is C7H14N3OS+. The van der Waals surface area contributed by atoms with E-state index in [1.54, 1.807) is 0 Å². The molecule has 5 heteroatoms. The van der Waals surface area contributed by atoms with Crippen molar-refractivity contribution in [1.82, 2.24) is 4.90 Å². The minimum Gasteiger partial charge on any atom is -0.342 e. The summed E-state index contributed by atoms with van der Waals surface area (Å²) < 4.78 is 0. The molecule has 0 atom stereocenters. The SMILES string of the molecule is NC(=[NH2+])SCCN1CCCC1=O. The molecule has 0 unspecified atom stereocenters. The number of hydrogen-bond donors (Lipinski definition) is 2. The molecule has 0 spiro atoms. The molecule has 1 amide bonds. The molecule has 0 aromatic rings. The first-order chi connectivity index (χ1) is 5.70. The highest BCUT2D eigenvalue weighted by atomic mass is 32.2. The predicted molar refractivity (Wildman–Crippen MR) is 49.4 cm³/mol. The van der Waals surface area contributed by atoms with Crippen molar-refractivity contribution in [2.24, 2.45) is 5.73 Å². The highest BCUT2D eigenvalue weighted by Gasteiger charge is 2.19. The second-order valence-electron chi connectivity index (χ2n) is 2.74. The molecule has 1 fully saturated rings. The van der Waals surface area contributed by atoms with Gasteiger partial charge in [-0.3, -0.25) is 15.9 Å². The van der Waals surface area contributed by atoms with Crippen molar-refractivity contribution in [2.45, 2.75) is 12.8 Å². The van der Waals surface area contributed by atoms with Gasteiger partial charge in [0.2, 0.25) is 5.91 Å². The lowest BCUT2D eigenvalue weighted by atomic mass is 10.4. The van der Waals surface area contributed by atoms with Crippen molar-refractivity contribution in [1.29, 1.82) is 0 Å². The van der Waals surface area contributed by atoms with Crippen LogP contribution in [-0.2, 0) is 4.79 Å². The number of hydrogen-bond acceptors (Lipinski definition) is 2. The molecule has 4 nitrogen and oxygen atoms in total. The molecule has 12 heavy (non-hydrogen) atoms. The fraction of sp³-hybridized carbons (Fsp3) is 0.714. The molecule has 68 valence electrons. The van der Waals surface area contributed by atoms with Crippen molar-refractivity contribution in [3.05, 3.63) is 0 Å². The Labute approximate surface area is 76.0 Å². The van der Waals surface area contributed by atoms with Crippen LogP contribution in [0.15, 0.2) is 0 Å². The second-order valence-corrected chi connectivity index (χ2v) is 3.90. The van der Waals surface area contributed by atoms with Crippen LogP contribution < -0.4 is 11.1 Å². The Balaban J connectivity index is 2.14. The monoisotopic (exact) mass is 188 g/mol. The van der Waals surface area contributed by atoms with E-state index >= 15 is 0 Å². The highest BCUT2D eigenvalue weighted by Crippen LogP contribution is 2.10. The number of carbonyl (C=O) groups excluding carboxylic acids is 1. The van der Waals surface area contributed by atoms with E-state index in [-0.39, 0.29) is 5.91 Å². The molecule has 0 saturated carbocycles. The number of amidine groups is 1. The van der Waals surface area contributed by atoms with Crippen molar-refractivity contribution >= 4 is 22.8 Å². The molecule has 1 rings (SSSR count). The Kier molecular flexibility index (Phi) is 3.40. The van der Waals surface area contributed by atoms with Crippen LogP contribution in [0.2, 0.25) is 0 Å². The Morgan fingerprint density at radius 2 is 2.50 bits per heavy atom. The molecule has 1 saturated heterocycles.